The van der Waals surface area contributed by atoms with E-state index in [0.717, 1.165) is 11.3 Å². The zero-order chi connectivity index (χ0) is 11.5. The Kier molecular flexibility index (Phi) is 2.87. The van der Waals surface area contributed by atoms with Gasteiger partial charge in [0.2, 0.25) is 0 Å². The summed E-state index contributed by atoms with van der Waals surface area (Å²) >= 11 is 0. The van der Waals surface area contributed by atoms with Crippen molar-refractivity contribution in [2.24, 2.45) is 5.73 Å². The number of aromatic nitrogens is 2. The molecule has 5 nitrogen and oxygen atoms in total. The molecule has 1 unspecified atom stereocenters. The Morgan fingerprint density at radius 3 is 3.00 bits per heavy atom. The lowest BCUT2D eigenvalue weighted by Crippen LogP contribution is -2.16. The highest BCUT2D eigenvalue weighted by molar-refractivity contribution is 5.68. The van der Waals surface area contributed by atoms with Gasteiger partial charge in [-0.1, -0.05) is 6.07 Å². The number of carboxylic acid groups (broad SMARTS) is 1. The van der Waals surface area contributed by atoms with Gasteiger partial charge in [0.05, 0.1) is 12.1 Å². The van der Waals surface area contributed by atoms with Gasteiger partial charge in [-0.3, -0.25) is 4.79 Å². The zero-order valence-electron chi connectivity index (χ0n) is 8.71. The maximum Gasteiger partial charge on any atom is 0.304 e. The number of hydrogen-bond donors (Lipinski definition) is 2. The minimum absolute atomic E-state index is 0.0143. The molecule has 5 heteroatoms. The molecule has 0 saturated heterocycles. The average molecular weight is 219 g/mol. The summed E-state index contributed by atoms with van der Waals surface area (Å²) in [6.07, 6.45) is 3.72. The van der Waals surface area contributed by atoms with Gasteiger partial charge in [-0.25, -0.2) is 4.98 Å². The number of aliphatic carboxylic acids is 1. The van der Waals surface area contributed by atoms with Crippen LogP contribution in [0.15, 0.2) is 30.6 Å². The van der Waals surface area contributed by atoms with Crippen LogP contribution in [0.2, 0.25) is 0 Å². The van der Waals surface area contributed by atoms with Gasteiger partial charge in [0.15, 0.2) is 0 Å². The summed E-state index contributed by atoms with van der Waals surface area (Å²) in [6, 6.07) is 5.66. The summed E-state index contributed by atoms with van der Waals surface area (Å²) in [5.41, 5.74) is 7.10. The summed E-state index contributed by atoms with van der Waals surface area (Å²) in [6.45, 7) is 0.288. The fourth-order valence-corrected chi connectivity index (χ4v) is 1.67. The Morgan fingerprint density at radius 1 is 1.56 bits per heavy atom. The van der Waals surface area contributed by atoms with E-state index in [0.29, 0.717) is 0 Å². The molecule has 0 aromatic carbocycles. The average Bonchev–Trinajstić information content (AvgIpc) is 2.68. The number of imidazole rings is 1. The van der Waals surface area contributed by atoms with Crippen LogP contribution in [0, 0.1) is 0 Å². The first kappa shape index (κ1) is 10.6. The molecule has 2 aromatic rings. The standard InChI is InChI=1S/C11H13N3O2/c12-6-8(5-11(15)16)9-7-14-4-2-1-3-10(14)13-9/h1-4,7-8H,5-6,12H2,(H,15,16). The first-order valence-corrected chi connectivity index (χ1v) is 5.06. The molecular weight excluding hydrogens is 206 g/mol. The van der Waals surface area contributed by atoms with Crippen molar-refractivity contribution in [1.29, 1.82) is 0 Å². The molecule has 0 bridgehead atoms. The molecule has 0 aliphatic carbocycles. The van der Waals surface area contributed by atoms with Crippen LogP contribution in [-0.4, -0.2) is 27.0 Å². The predicted molar refractivity (Wildman–Crippen MR) is 59.2 cm³/mol. The number of nitrogens with zero attached hydrogens (tertiary/aromatic N) is 2. The van der Waals surface area contributed by atoms with Gasteiger partial charge in [0.1, 0.15) is 5.65 Å². The lowest BCUT2D eigenvalue weighted by atomic mass is 10.0. The van der Waals surface area contributed by atoms with Crippen molar-refractivity contribution in [2.45, 2.75) is 12.3 Å². The minimum Gasteiger partial charge on any atom is -0.481 e. The molecule has 84 valence electrons. The van der Waals surface area contributed by atoms with Crippen molar-refractivity contribution in [3.05, 3.63) is 36.3 Å². The largest absolute Gasteiger partial charge is 0.481 e. The molecule has 3 N–H and O–H groups in total. The molecule has 2 aromatic heterocycles. The van der Waals surface area contributed by atoms with E-state index in [-0.39, 0.29) is 18.9 Å². The fraction of sp³-hybridized carbons (Fsp3) is 0.273. The van der Waals surface area contributed by atoms with Crippen LogP contribution in [0.1, 0.15) is 18.0 Å². The molecule has 1 atom stereocenters. The molecule has 2 heterocycles. The van der Waals surface area contributed by atoms with Crippen LogP contribution in [0.25, 0.3) is 5.65 Å². The zero-order valence-corrected chi connectivity index (χ0v) is 8.71. The van der Waals surface area contributed by atoms with Gasteiger partial charge in [0.25, 0.3) is 0 Å². The predicted octanol–water partition coefficient (Wildman–Crippen LogP) is 0.851. The summed E-state index contributed by atoms with van der Waals surface area (Å²) in [5, 5.41) is 8.76. The highest BCUT2D eigenvalue weighted by Crippen LogP contribution is 2.18. The van der Waals surface area contributed by atoms with Crippen LogP contribution >= 0.6 is 0 Å². The monoisotopic (exact) mass is 219 g/mol. The van der Waals surface area contributed by atoms with Crippen LogP contribution in [0.3, 0.4) is 0 Å². The van der Waals surface area contributed by atoms with Crippen LogP contribution < -0.4 is 5.73 Å². The number of carboxylic acids is 1. The smallest absolute Gasteiger partial charge is 0.304 e. The van der Waals surface area contributed by atoms with Gasteiger partial charge in [-0.15, -0.1) is 0 Å². The number of rotatable bonds is 4. The summed E-state index contributed by atoms with van der Waals surface area (Å²) in [7, 11) is 0. The lowest BCUT2D eigenvalue weighted by Gasteiger charge is -2.07. The summed E-state index contributed by atoms with van der Waals surface area (Å²) < 4.78 is 1.86. The number of pyridine rings is 1. The quantitative estimate of drug-likeness (QED) is 0.798. The van der Waals surface area contributed by atoms with Crippen molar-refractivity contribution in [3.8, 4) is 0 Å². The van der Waals surface area contributed by atoms with Crippen LogP contribution in [0.4, 0.5) is 0 Å². The Labute approximate surface area is 92.5 Å². The third kappa shape index (κ3) is 2.04. The first-order chi connectivity index (χ1) is 7.70. The summed E-state index contributed by atoms with van der Waals surface area (Å²) in [4.78, 5) is 15.0. The topological polar surface area (TPSA) is 80.6 Å². The molecule has 0 amide bonds. The third-order valence-corrected chi connectivity index (χ3v) is 2.51. The van der Waals surface area contributed by atoms with Gasteiger partial charge in [-0.05, 0) is 12.1 Å². The Hall–Kier alpha value is -1.88. The normalized spacial score (nSPS) is 12.8. The fourth-order valence-electron chi connectivity index (χ4n) is 1.67. The molecule has 2 rings (SSSR count). The van der Waals surface area contributed by atoms with Crippen LogP contribution in [-0.2, 0) is 4.79 Å². The maximum absolute atomic E-state index is 10.7. The Bertz CT molecular complexity index is 474. The van der Waals surface area contributed by atoms with E-state index < -0.39 is 5.97 Å². The van der Waals surface area contributed by atoms with E-state index >= 15 is 0 Å². The van der Waals surface area contributed by atoms with E-state index in [2.05, 4.69) is 4.98 Å². The number of nitrogens with two attached hydrogens (primary N) is 1. The van der Waals surface area contributed by atoms with Crippen LogP contribution in [0.5, 0.6) is 0 Å². The summed E-state index contributed by atoms with van der Waals surface area (Å²) in [5.74, 6) is -1.08. The third-order valence-electron chi connectivity index (χ3n) is 2.51. The van der Waals surface area contributed by atoms with Crippen molar-refractivity contribution in [3.63, 3.8) is 0 Å². The highest BCUT2D eigenvalue weighted by atomic mass is 16.4. The second-order valence-electron chi connectivity index (χ2n) is 3.66. The Balaban J connectivity index is 2.34. The molecule has 0 radical (unpaired) electrons. The van der Waals surface area contributed by atoms with Crippen molar-refractivity contribution in [1.82, 2.24) is 9.38 Å². The molecule has 16 heavy (non-hydrogen) atoms. The molecule has 0 aliphatic heterocycles. The highest BCUT2D eigenvalue weighted by Gasteiger charge is 2.16. The van der Waals surface area contributed by atoms with E-state index in [1.54, 1.807) is 0 Å². The Morgan fingerprint density at radius 2 is 2.38 bits per heavy atom. The van der Waals surface area contributed by atoms with Crippen molar-refractivity contribution >= 4 is 11.6 Å². The minimum atomic E-state index is -0.854. The second-order valence-corrected chi connectivity index (χ2v) is 3.66. The number of fused-ring (bicyclic) bond motifs is 1. The molecule has 0 saturated carbocycles. The molecular formula is C11H13N3O2. The first-order valence-electron chi connectivity index (χ1n) is 5.06. The lowest BCUT2D eigenvalue weighted by molar-refractivity contribution is -0.137. The van der Waals surface area contributed by atoms with E-state index in [1.165, 1.54) is 0 Å². The van der Waals surface area contributed by atoms with E-state index in [1.807, 2.05) is 35.0 Å². The van der Waals surface area contributed by atoms with Gasteiger partial charge in [0, 0.05) is 24.9 Å². The maximum atomic E-state index is 10.7. The SMILES string of the molecule is NCC(CC(=O)O)c1cn2ccccc2n1. The number of carbonyl (C=O) groups is 1. The van der Waals surface area contributed by atoms with Gasteiger partial charge < -0.3 is 15.2 Å². The van der Waals surface area contributed by atoms with E-state index in [9.17, 15) is 4.79 Å². The van der Waals surface area contributed by atoms with Crippen molar-refractivity contribution < 1.29 is 9.90 Å². The van der Waals surface area contributed by atoms with Gasteiger partial charge in [-0.2, -0.15) is 0 Å². The number of hydrogen-bond acceptors (Lipinski definition) is 3. The second kappa shape index (κ2) is 4.32. The van der Waals surface area contributed by atoms with Gasteiger partial charge >= 0.3 is 5.97 Å². The molecule has 0 aliphatic rings. The van der Waals surface area contributed by atoms with Crippen molar-refractivity contribution in [2.75, 3.05) is 6.54 Å². The molecule has 0 spiro atoms. The molecule has 0 fully saturated rings. The van der Waals surface area contributed by atoms with E-state index in [4.69, 9.17) is 10.8 Å².